The average Bonchev–Trinajstić information content (AvgIpc) is 1.61. The molecule has 0 aliphatic carbocycles. The second-order valence-corrected chi connectivity index (χ2v) is 29.4. The zero-order valence-corrected chi connectivity index (χ0v) is 64.1. The number of aromatic nitrogens is 5. The van der Waals surface area contributed by atoms with Gasteiger partial charge in [0.2, 0.25) is 0 Å². The number of aryl methyl sites for hydroxylation is 4. The molecule has 0 amide bonds. The minimum Gasteiger partial charge on any atom is -0.455 e. The van der Waals surface area contributed by atoms with Crippen molar-refractivity contribution in [1.82, 2.24) is 24.9 Å². The van der Waals surface area contributed by atoms with Crippen molar-refractivity contribution in [1.29, 1.82) is 0 Å². The van der Waals surface area contributed by atoms with Gasteiger partial charge in [-0.15, -0.1) is 0 Å². The minimum absolute atomic E-state index is 0.206. The number of furan rings is 5. The predicted octanol–water partition coefficient (Wildman–Crippen LogP) is 29.0. The zero-order chi connectivity index (χ0) is 80.0. The Kier molecular flexibility index (Phi) is 18.7. The van der Waals surface area contributed by atoms with E-state index < -0.39 is 12.7 Å². The topological polar surface area (TPSA) is 130 Å². The van der Waals surface area contributed by atoms with Gasteiger partial charge in [0.05, 0.1) is 5.69 Å². The van der Waals surface area contributed by atoms with E-state index in [9.17, 15) is 0 Å². The number of fused-ring (bicyclic) bond motifs is 15. The van der Waals surface area contributed by atoms with E-state index in [1.54, 1.807) is 12.1 Å². The highest BCUT2D eigenvalue weighted by atomic mass is 16.3. The molecule has 10 nitrogen and oxygen atoms in total. The van der Waals surface area contributed by atoms with Crippen LogP contribution in [0, 0.1) is 27.7 Å². The quantitative estimate of drug-likeness (QED) is 0.138. The van der Waals surface area contributed by atoms with Crippen LogP contribution in [0.2, 0.25) is 0 Å². The molecule has 10 aromatic carbocycles. The zero-order valence-electron chi connectivity index (χ0n) is 68.1. The first kappa shape index (κ1) is 67.3. The minimum atomic E-state index is -2.47. The lowest BCUT2D eigenvalue weighted by Gasteiger charge is -2.04. The molecule has 1 atom stereocenters. The first-order valence-electron chi connectivity index (χ1n) is 39.9. The van der Waals surface area contributed by atoms with Crippen molar-refractivity contribution in [3.05, 3.63) is 331 Å². The third-order valence-corrected chi connectivity index (χ3v) is 20.5. The van der Waals surface area contributed by atoms with E-state index in [4.69, 9.17) is 27.6 Å². The maximum Gasteiger partial charge on any atom is 0.157 e. The van der Waals surface area contributed by atoms with E-state index in [0.29, 0.717) is 34.4 Å². The number of nitrogens with zero attached hydrogens (tertiary/aromatic N) is 5. The molecule has 0 saturated carbocycles. The van der Waals surface area contributed by atoms with Gasteiger partial charge in [0.15, 0.2) is 22.3 Å². The standard InChI is InChI=1S/3C21H19NO.C20H17NO.C18H13NO/c1-13(2)18-11-22-12-19-17-6-4-5-16(20(17)23-21(18)19)15-9-7-14(3)8-10-15;1-13(2)16-11-12-22-19-18-6-4-5-17(20(18)23-21(16)19)15-9-7-14(3)8-10-15;1-13(2)19-21-18(11-12-22-19)17-6-4-5-16(20(17)23-21)15-9-7-14(3)8-10-15;1-13(2)17-11-12-18-19(21-17)16-10-6-9-15(20(16)22-18)14-7-4-3-5-8-14;1-12-10-11-16-17(19-12)15-9-5-8-14(18(15)20-16)13-6-3-2-4-7-13/h3*4-13H,1-3H3;3-13H,1-2H3;2-11H,1H3/i;;;1D3,13D;. The Bertz CT molecular complexity index is 6540. The van der Waals surface area contributed by atoms with Gasteiger partial charge in [-0.2, -0.15) is 0 Å². The van der Waals surface area contributed by atoms with Crippen LogP contribution >= 0.6 is 0 Å². The monoisotopic (exact) mass is 1450 g/mol. The van der Waals surface area contributed by atoms with Crippen LogP contribution < -0.4 is 0 Å². The van der Waals surface area contributed by atoms with E-state index in [2.05, 4.69) is 251 Å². The first-order chi connectivity index (χ1) is 55.6. The van der Waals surface area contributed by atoms with Gasteiger partial charge in [0.25, 0.3) is 0 Å². The smallest absolute Gasteiger partial charge is 0.157 e. The summed E-state index contributed by atoms with van der Waals surface area (Å²) >= 11 is 0. The lowest BCUT2D eigenvalue weighted by atomic mass is 10.0. The molecular formula is C101H87N5O5. The van der Waals surface area contributed by atoms with E-state index in [0.717, 1.165) is 149 Å². The third-order valence-electron chi connectivity index (χ3n) is 20.5. The summed E-state index contributed by atoms with van der Waals surface area (Å²) in [5.41, 5.74) is 30.7. The first-order valence-corrected chi connectivity index (χ1v) is 37.9. The number of rotatable bonds is 9. The molecule has 0 aliphatic heterocycles. The van der Waals surface area contributed by atoms with E-state index in [1.807, 2.05) is 117 Å². The molecule has 546 valence electrons. The van der Waals surface area contributed by atoms with Crippen LogP contribution in [0.15, 0.2) is 308 Å². The Morgan fingerprint density at radius 1 is 0.297 bits per heavy atom. The van der Waals surface area contributed by atoms with Crippen LogP contribution in [0.3, 0.4) is 0 Å². The third kappa shape index (κ3) is 14.3. The molecule has 10 aromatic heterocycles. The predicted molar refractivity (Wildman–Crippen MR) is 460 cm³/mol. The summed E-state index contributed by atoms with van der Waals surface area (Å²) in [5, 5.41) is 7.50. The maximum atomic E-state index is 8.28. The number of pyridine rings is 5. The molecule has 0 fully saturated rings. The summed E-state index contributed by atoms with van der Waals surface area (Å²) in [5.74, 6) is -0.664. The largest absolute Gasteiger partial charge is 0.455 e. The van der Waals surface area contributed by atoms with Crippen LogP contribution in [0.4, 0.5) is 0 Å². The van der Waals surface area contributed by atoms with Gasteiger partial charge in [0, 0.05) is 118 Å². The van der Waals surface area contributed by atoms with Crippen molar-refractivity contribution >= 4 is 110 Å². The number of benzene rings is 10. The lowest BCUT2D eigenvalue weighted by molar-refractivity contribution is 0.651. The molecule has 20 rings (SSSR count). The highest BCUT2D eigenvalue weighted by Gasteiger charge is 2.22. The molecule has 1 unspecified atom stereocenters. The summed E-state index contributed by atoms with van der Waals surface area (Å²) in [7, 11) is 0. The SMILES string of the molecule is Cc1ccc(-c2cccc3c2oc2c(C(C)C)ccnc23)cc1.Cc1ccc(-c2cccc3c2oc2c(C(C)C)cncc23)cc1.Cc1ccc(-c2cccc3c2oc2c(C(C)C)nccc23)cc1.Cc1ccc2oc3c(-c4ccccc4)cccc3c2n1.[2H]C([2H])([2H])C([2H])(C)c1ccc2oc3c(-c4ccccc4)cccc3c2n1. The number of hydrogen-bond acceptors (Lipinski definition) is 10. The van der Waals surface area contributed by atoms with Crippen LogP contribution in [0.25, 0.3) is 166 Å². The fourth-order valence-electron chi connectivity index (χ4n) is 14.7. The van der Waals surface area contributed by atoms with Gasteiger partial charge in [-0.25, -0.2) is 9.97 Å². The lowest BCUT2D eigenvalue weighted by Crippen LogP contribution is -1.91. The molecular weight excluding hydrogens is 1360 g/mol. The normalized spacial score (nSPS) is 12.7. The fraction of sp³-hybridized carbons (Fsp3) is 0.158. The molecule has 0 bridgehead atoms. The van der Waals surface area contributed by atoms with Gasteiger partial charge in [-0.1, -0.05) is 278 Å². The van der Waals surface area contributed by atoms with E-state index in [-0.39, 0.29) is 5.69 Å². The van der Waals surface area contributed by atoms with Crippen LogP contribution in [0.5, 0.6) is 0 Å². The Morgan fingerprint density at radius 3 is 1.19 bits per heavy atom. The van der Waals surface area contributed by atoms with Gasteiger partial charge < -0.3 is 22.1 Å². The summed E-state index contributed by atoms with van der Waals surface area (Å²) in [6.07, 6.45) is 7.59. The highest BCUT2D eigenvalue weighted by Crippen LogP contribution is 2.43. The van der Waals surface area contributed by atoms with Gasteiger partial charge >= 0.3 is 0 Å². The van der Waals surface area contributed by atoms with Crippen molar-refractivity contribution in [2.45, 2.75) is 107 Å². The van der Waals surface area contributed by atoms with Crippen LogP contribution in [-0.2, 0) is 0 Å². The Hall–Kier alpha value is -13.1. The van der Waals surface area contributed by atoms with Crippen molar-refractivity contribution in [2.75, 3.05) is 0 Å². The van der Waals surface area contributed by atoms with E-state index in [1.165, 1.54) is 45.9 Å². The van der Waals surface area contributed by atoms with Crippen LogP contribution in [0.1, 0.15) is 129 Å². The molecule has 0 spiro atoms. The summed E-state index contributed by atoms with van der Waals surface area (Å²) in [4.78, 5) is 22.6. The molecule has 111 heavy (non-hydrogen) atoms. The Balaban J connectivity index is 0.000000108. The Labute approximate surface area is 651 Å². The highest BCUT2D eigenvalue weighted by molar-refractivity contribution is 6.13. The van der Waals surface area contributed by atoms with Crippen molar-refractivity contribution < 1.29 is 27.6 Å². The summed E-state index contributed by atoms with van der Waals surface area (Å²) in [6.45, 7) is 20.2. The summed E-state index contributed by atoms with van der Waals surface area (Å²) in [6, 6.07) is 88.3. The second kappa shape index (κ2) is 30.9. The second-order valence-electron chi connectivity index (χ2n) is 29.4. The number of para-hydroxylation sites is 5. The molecule has 0 N–H and O–H groups in total. The fourth-order valence-corrected chi connectivity index (χ4v) is 14.7. The molecule has 0 radical (unpaired) electrons. The Morgan fingerprint density at radius 2 is 0.703 bits per heavy atom. The van der Waals surface area contributed by atoms with Gasteiger partial charge in [-0.3, -0.25) is 15.0 Å². The molecule has 0 saturated heterocycles. The molecule has 10 heterocycles. The van der Waals surface area contributed by atoms with Gasteiger partial charge in [0.1, 0.15) is 50.0 Å². The molecule has 10 heteroatoms. The molecule has 20 aromatic rings. The van der Waals surface area contributed by atoms with Crippen LogP contribution in [-0.4, -0.2) is 24.9 Å². The number of hydrogen-bond donors (Lipinski definition) is 0. The average molecular weight is 1450 g/mol. The van der Waals surface area contributed by atoms with Crippen molar-refractivity contribution in [3.63, 3.8) is 0 Å². The molecule has 0 aliphatic rings. The maximum absolute atomic E-state index is 8.28. The van der Waals surface area contributed by atoms with Crippen molar-refractivity contribution in [2.24, 2.45) is 0 Å². The van der Waals surface area contributed by atoms with E-state index >= 15 is 0 Å². The van der Waals surface area contributed by atoms with Gasteiger partial charge in [-0.05, 0) is 134 Å². The van der Waals surface area contributed by atoms with Crippen molar-refractivity contribution in [3.8, 4) is 55.6 Å². The summed E-state index contributed by atoms with van der Waals surface area (Å²) < 4.78 is 62.2.